The maximum absolute atomic E-state index is 13.2. The van der Waals surface area contributed by atoms with Crippen LogP contribution < -0.4 is 0 Å². The molecule has 4 heteroatoms. The first-order valence-corrected chi connectivity index (χ1v) is 6.63. The van der Waals surface area contributed by atoms with Gasteiger partial charge in [-0.25, -0.2) is 8.78 Å². The van der Waals surface area contributed by atoms with Crippen LogP contribution in [0, 0.1) is 17.6 Å². The monoisotopic (exact) mass is 267 g/mol. The van der Waals surface area contributed by atoms with Gasteiger partial charge >= 0.3 is 0 Å². The van der Waals surface area contributed by atoms with E-state index in [0.29, 0.717) is 12.0 Å². The van der Waals surface area contributed by atoms with E-state index in [4.69, 9.17) is 0 Å². The van der Waals surface area contributed by atoms with Crippen molar-refractivity contribution in [3.8, 4) is 0 Å². The molecule has 1 fully saturated rings. The van der Waals surface area contributed by atoms with E-state index in [1.165, 1.54) is 18.9 Å². The lowest BCUT2D eigenvalue weighted by molar-refractivity contribution is 0.0811. The molecule has 1 saturated carbocycles. The molecule has 1 aliphatic carbocycles. The SMILES string of the molecule is CC(C(=O)c1ccc(F)c(F)c1)N(C)C(C)C1CC1. The van der Waals surface area contributed by atoms with E-state index in [1.807, 2.05) is 18.9 Å². The highest BCUT2D eigenvalue weighted by molar-refractivity contribution is 5.99. The number of likely N-dealkylation sites (N-methyl/N-ethyl adjacent to an activating group) is 1. The second kappa shape index (κ2) is 5.37. The van der Waals surface area contributed by atoms with E-state index in [-0.39, 0.29) is 17.4 Å². The van der Waals surface area contributed by atoms with Gasteiger partial charge in [0.25, 0.3) is 0 Å². The summed E-state index contributed by atoms with van der Waals surface area (Å²) in [6.07, 6.45) is 2.41. The van der Waals surface area contributed by atoms with Gasteiger partial charge in [0, 0.05) is 11.6 Å². The first-order valence-electron chi connectivity index (χ1n) is 6.63. The van der Waals surface area contributed by atoms with Gasteiger partial charge in [0.2, 0.25) is 0 Å². The highest BCUT2D eigenvalue weighted by Crippen LogP contribution is 2.35. The molecule has 0 aliphatic heterocycles. The van der Waals surface area contributed by atoms with Crippen molar-refractivity contribution in [2.75, 3.05) is 7.05 Å². The van der Waals surface area contributed by atoms with E-state index >= 15 is 0 Å². The van der Waals surface area contributed by atoms with E-state index in [2.05, 4.69) is 6.92 Å². The summed E-state index contributed by atoms with van der Waals surface area (Å²) in [6.45, 7) is 3.91. The molecule has 1 aromatic carbocycles. The zero-order valence-electron chi connectivity index (χ0n) is 11.5. The van der Waals surface area contributed by atoms with Crippen molar-refractivity contribution in [1.29, 1.82) is 0 Å². The maximum Gasteiger partial charge on any atom is 0.179 e. The molecular weight excluding hydrogens is 248 g/mol. The Balaban J connectivity index is 2.11. The molecule has 0 bridgehead atoms. The maximum atomic E-state index is 13.2. The van der Waals surface area contributed by atoms with Crippen LogP contribution in [0.25, 0.3) is 0 Å². The van der Waals surface area contributed by atoms with E-state index in [1.54, 1.807) is 0 Å². The third kappa shape index (κ3) is 3.00. The van der Waals surface area contributed by atoms with Crippen molar-refractivity contribution in [2.45, 2.75) is 38.8 Å². The number of carbonyl (C=O) groups excluding carboxylic acids is 1. The molecule has 0 saturated heterocycles. The van der Waals surface area contributed by atoms with Gasteiger partial charge in [0.15, 0.2) is 17.4 Å². The minimum absolute atomic E-state index is 0.172. The third-order valence-corrected chi connectivity index (χ3v) is 4.14. The summed E-state index contributed by atoms with van der Waals surface area (Å²) in [5, 5.41) is 0. The summed E-state index contributed by atoms with van der Waals surface area (Å²) in [7, 11) is 1.91. The van der Waals surface area contributed by atoms with Gasteiger partial charge in [-0.2, -0.15) is 0 Å². The lowest BCUT2D eigenvalue weighted by atomic mass is 10.0. The topological polar surface area (TPSA) is 20.3 Å². The number of carbonyl (C=O) groups is 1. The highest BCUT2D eigenvalue weighted by atomic mass is 19.2. The molecule has 0 amide bonds. The van der Waals surface area contributed by atoms with Gasteiger partial charge in [0.05, 0.1) is 6.04 Å². The summed E-state index contributed by atoms with van der Waals surface area (Å²) in [5.41, 5.74) is 0.223. The standard InChI is InChI=1S/C15H19F2NO/c1-9(11-4-5-11)18(3)10(2)15(19)12-6-7-13(16)14(17)8-12/h6-11H,4-5H2,1-3H3. The number of hydrogen-bond acceptors (Lipinski definition) is 2. The van der Waals surface area contributed by atoms with Crippen molar-refractivity contribution < 1.29 is 13.6 Å². The zero-order chi connectivity index (χ0) is 14.2. The molecule has 19 heavy (non-hydrogen) atoms. The summed E-state index contributed by atoms with van der Waals surface area (Å²) >= 11 is 0. The molecule has 0 heterocycles. The molecule has 1 aromatic rings. The van der Waals surface area contributed by atoms with Crippen LogP contribution in [0.5, 0.6) is 0 Å². The smallest absolute Gasteiger partial charge is 0.179 e. The number of nitrogens with zero attached hydrogens (tertiary/aromatic N) is 1. The molecule has 104 valence electrons. The Bertz CT molecular complexity index is 485. The molecule has 0 spiro atoms. The van der Waals surface area contributed by atoms with Crippen LogP contribution in [-0.2, 0) is 0 Å². The molecule has 2 nitrogen and oxygen atoms in total. The number of rotatable bonds is 5. The first-order chi connectivity index (χ1) is 8.91. The van der Waals surface area contributed by atoms with Crippen molar-refractivity contribution in [3.05, 3.63) is 35.4 Å². The van der Waals surface area contributed by atoms with Gasteiger partial charge < -0.3 is 0 Å². The second-order valence-electron chi connectivity index (χ2n) is 5.41. The lowest BCUT2D eigenvalue weighted by Crippen LogP contribution is -2.42. The average Bonchev–Trinajstić information content (AvgIpc) is 3.23. The predicted molar refractivity (Wildman–Crippen MR) is 70.1 cm³/mol. The fourth-order valence-corrected chi connectivity index (χ4v) is 2.34. The minimum atomic E-state index is -0.976. The van der Waals surface area contributed by atoms with Crippen LogP contribution in [0.2, 0.25) is 0 Å². The van der Waals surface area contributed by atoms with Crippen LogP contribution in [-0.4, -0.2) is 29.8 Å². The fraction of sp³-hybridized carbons (Fsp3) is 0.533. The minimum Gasteiger partial charge on any atom is -0.294 e. The molecule has 2 unspecified atom stereocenters. The zero-order valence-corrected chi connectivity index (χ0v) is 11.5. The second-order valence-corrected chi connectivity index (χ2v) is 5.41. The Morgan fingerprint density at radius 2 is 1.89 bits per heavy atom. The lowest BCUT2D eigenvalue weighted by Gasteiger charge is -2.30. The number of Topliss-reactive ketones (excluding diaryl/α,β-unsaturated/α-hetero) is 1. The Morgan fingerprint density at radius 1 is 1.26 bits per heavy atom. The predicted octanol–water partition coefficient (Wildman–Crippen LogP) is 3.27. The first kappa shape index (κ1) is 14.1. The van der Waals surface area contributed by atoms with Crippen LogP contribution in [0.1, 0.15) is 37.0 Å². The summed E-state index contributed by atoms with van der Waals surface area (Å²) in [4.78, 5) is 14.3. The van der Waals surface area contributed by atoms with Crippen LogP contribution in [0.3, 0.4) is 0 Å². The normalized spacial score (nSPS) is 18.4. The summed E-state index contributed by atoms with van der Waals surface area (Å²) < 4.78 is 26.0. The molecular formula is C15H19F2NO. The van der Waals surface area contributed by atoms with Crippen LogP contribution >= 0.6 is 0 Å². The molecule has 0 aromatic heterocycles. The Hall–Kier alpha value is -1.29. The number of benzene rings is 1. The van der Waals surface area contributed by atoms with Crippen LogP contribution in [0.4, 0.5) is 8.78 Å². The van der Waals surface area contributed by atoms with Gasteiger partial charge in [0.1, 0.15) is 0 Å². The number of halogens is 2. The Labute approximate surface area is 112 Å². The summed E-state index contributed by atoms with van der Waals surface area (Å²) in [6, 6.07) is 3.32. The Kier molecular flexibility index (Phi) is 3.99. The molecule has 2 atom stereocenters. The largest absolute Gasteiger partial charge is 0.294 e. The number of hydrogen-bond donors (Lipinski definition) is 0. The van der Waals surface area contributed by atoms with E-state index in [9.17, 15) is 13.6 Å². The van der Waals surface area contributed by atoms with Gasteiger partial charge in [-0.05, 0) is 57.9 Å². The van der Waals surface area contributed by atoms with Gasteiger partial charge in [-0.3, -0.25) is 9.69 Å². The third-order valence-electron chi connectivity index (χ3n) is 4.14. The molecule has 0 radical (unpaired) electrons. The summed E-state index contributed by atoms with van der Waals surface area (Å²) in [5.74, 6) is -1.42. The van der Waals surface area contributed by atoms with Crippen LogP contribution in [0.15, 0.2) is 18.2 Å². The van der Waals surface area contributed by atoms with E-state index < -0.39 is 11.6 Å². The van der Waals surface area contributed by atoms with Gasteiger partial charge in [-0.15, -0.1) is 0 Å². The fourth-order valence-electron chi connectivity index (χ4n) is 2.34. The Morgan fingerprint density at radius 3 is 2.42 bits per heavy atom. The van der Waals surface area contributed by atoms with Crippen molar-refractivity contribution in [3.63, 3.8) is 0 Å². The highest BCUT2D eigenvalue weighted by Gasteiger charge is 2.34. The average molecular weight is 267 g/mol. The van der Waals surface area contributed by atoms with Gasteiger partial charge in [-0.1, -0.05) is 0 Å². The molecule has 0 N–H and O–H groups in total. The molecule has 1 aliphatic rings. The quantitative estimate of drug-likeness (QED) is 0.763. The molecule has 2 rings (SSSR count). The number of ketones is 1. The van der Waals surface area contributed by atoms with Crippen molar-refractivity contribution in [1.82, 2.24) is 4.90 Å². The van der Waals surface area contributed by atoms with Crippen molar-refractivity contribution >= 4 is 5.78 Å². The van der Waals surface area contributed by atoms with E-state index in [0.717, 1.165) is 12.1 Å². The van der Waals surface area contributed by atoms with Crippen molar-refractivity contribution in [2.24, 2.45) is 5.92 Å².